The highest BCUT2D eigenvalue weighted by atomic mass is 16.9. The summed E-state index contributed by atoms with van der Waals surface area (Å²) < 4.78 is 0. The number of hydrogen-bond acceptors (Lipinski definition) is 3. The van der Waals surface area contributed by atoms with Gasteiger partial charge in [0.05, 0.1) is 11.2 Å². The van der Waals surface area contributed by atoms with E-state index in [1.54, 1.807) is 0 Å². The minimum absolute atomic E-state index is 0.123. The Morgan fingerprint density at radius 2 is 1.40 bits per heavy atom. The Morgan fingerprint density at radius 3 is 1.60 bits per heavy atom. The predicted molar refractivity (Wildman–Crippen MR) is 38.1 cm³/mol. The summed E-state index contributed by atoms with van der Waals surface area (Å²) >= 11 is 0. The monoisotopic (exact) mass is 145 g/mol. The molecule has 0 aromatic carbocycles. The van der Waals surface area contributed by atoms with Crippen molar-refractivity contribution in [1.82, 2.24) is 5.64 Å². The SMILES string of the molecule is CC1(C)CC(C)(C)ONO1. The number of nitrogens with one attached hydrogen (secondary N) is 1. The lowest BCUT2D eigenvalue weighted by molar-refractivity contribution is -0.323. The fourth-order valence-corrected chi connectivity index (χ4v) is 1.34. The fourth-order valence-electron chi connectivity index (χ4n) is 1.34. The van der Waals surface area contributed by atoms with Gasteiger partial charge in [0, 0.05) is 6.42 Å². The van der Waals surface area contributed by atoms with Gasteiger partial charge in [-0.15, -0.1) is 0 Å². The molecule has 1 N–H and O–H groups in total. The van der Waals surface area contributed by atoms with E-state index in [0.717, 1.165) is 6.42 Å². The summed E-state index contributed by atoms with van der Waals surface area (Å²) in [4.78, 5) is 10.3. The van der Waals surface area contributed by atoms with Crippen LogP contribution in [0, 0.1) is 0 Å². The summed E-state index contributed by atoms with van der Waals surface area (Å²) in [5, 5.41) is 0. The maximum absolute atomic E-state index is 5.13. The van der Waals surface area contributed by atoms with E-state index in [4.69, 9.17) is 9.68 Å². The van der Waals surface area contributed by atoms with Gasteiger partial charge in [0.2, 0.25) is 0 Å². The van der Waals surface area contributed by atoms with Gasteiger partial charge < -0.3 is 0 Å². The van der Waals surface area contributed by atoms with Crippen molar-refractivity contribution in [2.75, 3.05) is 0 Å². The Labute approximate surface area is 61.6 Å². The van der Waals surface area contributed by atoms with Crippen molar-refractivity contribution in [2.45, 2.75) is 45.3 Å². The van der Waals surface area contributed by atoms with Crippen molar-refractivity contribution in [3.8, 4) is 0 Å². The molecule has 3 nitrogen and oxygen atoms in total. The van der Waals surface area contributed by atoms with Gasteiger partial charge in [-0.05, 0) is 27.7 Å². The zero-order valence-electron chi connectivity index (χ0n) is 7.02. The van der Waals surface area contributed by atoms with Crippen LogP contribution in [-0.2, 0) is 9.68 Å². The average Bonchev–Trinajstić information content (AvgIpc) is 1.56. The molecule has 0 aliphatic carbocycles. The van der Waals surface area contributed by atoms with Gasteiger partial charge >= 0.3 is 0 Å². The molecule has 0 unspecified atom stereocenters. The lowest BCUT2D eigenvalue weighted by Gasteiger charge is -2.39. The molecule has 60 valence electrons. The fraction of sp³-hybridized carbons (Fsp3) is 1.00. The summed E-state index contributed by atoms with van der Waals surface area (Å²) in [7, 11) is 0. The molecule has 0 aromatic rings. The van der Waals surface area contributed by atoms with Gasteiger partial charge in [-0.3, -0.25) is 9.68 Å². The minimum Gasteiger partial charge on any atom is -0.271 e. The van der Waals surface area contributed by atoms with Crippen LogP contribution in [0.3, 0.4) is 0 Å². The first-order valence-corrected chi connectivity index (χ1v) is 3.52. The highest BCUT2D eigenvalue weighted by Crippen LogP contribution is 2.28. The standard InChI is InChI=1S/C7H15NO2/c1-6(2)5-7(3,4)10-8-9-6/h8H,5H2,1-4H3. The molecule has 1 rings (SSSR count). The van der Waals surface area contributed by atoms with Crippen LogP contribution in [0.5, 0.6) is 0 Å². The Kier molecular flexibility index (Phi) is 1.75. The van der Waals surface area contributed by atoms with Gasteiger partial charge in [-0.1, -0.05) is 5.64 Å². The van der Waals surface area contributed by atoms with Crippen LogP contribution in [-0.4, -0.2) is 11.2 Å². The highest BCUT2D eigenvalue weighted by molar-refractivity contribution is 4.81. The van der Waals surface area contributed by atoms with Gasteiger partial charge in [-0.2, -0.15) is 0 Å². The molecular weight excluding hydrogens is 130 g/mol. The normalized spacial score (nSPS) is 30.0. The molecule has 0 aromatic heterocycles. The first-order chi connectivity index (χ1) is 4.41. The van der Waals surface area contributed by atoms with Crippen LogP contribution in [0.15, 0.2) is 0 Å². The van der Waals surface area contributed by atoms with Crippen molar-refractivity contribution in [3.05, 3.63) is 0 Å². The molecule has 1 aliphatic rings. The van der Waals surface area contributed by atoms with Gasteiger partial charge in [0.1, 0.15) is 0 Å². The number of rotatable bonds is 0. The first-order valence-electron chi connectivity index (χ1n) is 3.52. The third kappa shape index (κ3) is 1.94. The molecule has 3 heteroatoms. The molecule has 10 heavy (non-hydrogen) atoms. The maximum Gasteiger partial charge on any atom is 0.0895 e. The molecule has 0 atom stereocenters. The average molecular weight is 145 g/mol. The van der Waals surface area contributed by atoms with Crippen LogP contribution < -0.4 is 5.64 Å². The molecule has 0 bridgehead atoms. The second kappa shape index (κ2) is 2.19. The molecular formula is C7H15NO2. The van der Waals surface area contributed by atoms with Crippen LogP contribution in [0.2, 0.25) is 0 Å². The van der Waals surface area contributed by atoms with E-state index in [1.165, 1.54) is 0 Å². The van der Waals surface area contributed by atoms with E-state index in [0.29, 0.717) is 0 Å². The molecule has 1 fully saturated rings. The maximum atomic E-state index is 5.13. The van der Waals surface area contributed by atoms with E-state index in [-0.39, 0.29) is 11.2 Å². The van der Waals surface area contributed by atoms with Crippen LogP contribution in [0.4, 0.5) is 0 Å². The summed E-state index contributed by atoms with van der Waals surface area (Å²) in [5.74, 6) is 0. The Bertz CT molecular complexity index is 118. The molecule has 0 amide bonds. The Morgan fingerprint density at radius 1 is 1.00 bits per heavy atom. The smallest absolute Gasteiger partial charge is 0.0895 e. The van der Waals surface area contributed by atoms with E-state index in [9.17, 15) is 0 Å². The largest absolute Gasteiger partial charge is 0.271 e. The van der Waals surface area contributed by atoms with Crippen molar-refractivity contribution < 1.29 is 9.68 Å². The minimum atomic E-state index is -0.123. The number of hydrogen-bond donors (Lipinski definition) is 1. The highest BCUT2D eigenvalue weighted by Gasteiger charge is 2.35. The second-order valence-electron chi connectivity index (χ2n) is 3.98. The van der Waals surface area contributed by atoms with Gasteiger partial charge in [0.15, 0.2) is 0 Å². The quantitative estimate of drug-likeness (QED) is 0.559. The molecule has 0 spiro atoms. The van der Waals surface area contributed by atoms with E-state index >= 15 is 0 Å². The Hall–Kier alpha value is -0.120. The summed E-state index contributed by atoms with van der Waals surface area (Å²) in [6.45, 7) is 8.13. The zero-order valence-corrected chi connectivity index (χ0v) is 7.02. The van der Waals surface area contributed by atoms with Gasteiger partial charge in [0.25, 0.3) is 0 Å². The molecule has 0 saturated carbocycles. The molecule has 0 radical (unpaired) electrons. The topological polar surface area (TPSA) is 30.5 Å². The molecule has 1 heterocycles. The lowest BCUT2D eigenvalue weighted by atomic mass is 9.92. The van der Waals surface area contributed by atoms with Crippen LogP contribution in [0.25, 0.3) is 0 Å². The first kappa shape index (κ1) is 7.98. The summed E-state index contributed by atoms with van der Waals surface area (Å²) in [6.07, 6.45) is 0.896. The van der Waals surface area contributed by atoms with Crippen LogP contribution in [0.1, 0.15) is 34.1 Å². The van der Waals surface area contributed by atoms with Crippen molar-refractivity contribution in [2.24, 2.45) is 0 Å². The lowest BCUT2D eigenvalue weighted by Crippen LogP contribution is -2.49. The molecule has 1 aliphatic heterocycles. The molecule has 1 saturated heterocycles. The van der Waals surface area contributed by atoms with Crippen LogP contribution >= 0.6 is 0 Å². The van der Waals surface area contributed by atoms with Gasteiger partial charge in [-0.25, -0.2) is 0 Å². The summed E-state index contributed by atoms with van der Waals surface area (Å²) in [6, 6.07) is 0. The van der Waals surface area contributed by atoms with Crippen molar-refractivity contribution in [3.63, 3.8) is 0 Å². The van der Waals surface area contributed by atoms with E-state index < -0.39 is 0 Å². The zero-order chi connectivity index (χ0) is 7.83. The van der Waals surface area contributed by atoms with E-state index in [2.05, 4.69) is 5.64 Å². The van der Waals surface area contributed by atoms with Crippen molar-refractivity contribution in [1.29, 1.82) is 0 Å². The van der Waals surface area contributed by atoms with Crippen molar-refractivity contribution >= 4 is 0 Å². The van der Waals surface area contributed by atoms with E-state index in [1.807, 2.05) is 27.7 Å². The second-order valence-corrected chi connectivity index (χ2v) is 3.98. The predicted octanol–water partition coefficient (Wildman–Crippen LogP) is 1.40. The third-order valence-corrected chi connectivity index (χ3v) is 1.49. The summed E-state index contributed by atoms with van der Waals surface area (Å²) in [5.41, 5.74) is 2.22. The Balaban J connectivity index is 2.56. The third-order valence-electron chi connectivity index (χ3n) is 1.49.